The molecule has 1 aliphatic heterocycles. The Bertz CT molecular complexity index is 601. The van der Waals surface area contributed by atoms with Crippen LogP contribution in [0.2, 0.25) is 0 Å². The van der Waals surface area contributed by atoms with E-state index >= 15 is 0 Å². The zero-order valence-corrected chi connectivity index (χ0v) is 12.8. The monoisotopic (exact) mass is 309 g/mol. The number of ether oxygens (including phenoxy) is 1. The molecule has 0 aromatic heterocycles. The van der Waals surface area contributed by atoms with Gasteiger partial charge in [-0.05, 0) is 31.2 Å². The Morgan fingerprint density at radius 1 is 1.33 bits per heavy atom. The van der Waals surface area contributed by atoms with Crippen LogP contribution in [0.15, 0.2) is 29.2 Å². The minimum atomic E-state index is -3.55. The standard InChI is InChI=1S/C14H19N3O3S/c1-12(11-17-6-8-20-9-7-17)16-21(18,19)14-4-2-13(10-15)3-5-14/h2-5,12,16H,6-9,11H2,1H3. The van der Waals surface area contributed by atoms with Gasteiger partial charge in [-0.1, -0.05) is 0 Å². The predicted molar refractivity (Wildman–Crippen MR) is 78.2 cm³/mol. The predicted octanol–water partition coefficient (Wildman–Crippen LogP) is 0.557. The van der Waals surface area contributed by atoms with E-state index in [1.54, 1.807) is 0 Å². The highest BCUT2D eigenvalue weighted by atomic mass is 32.2. The average molecular weight is 309 g/mol. The molecule has 2 rings (SSSR count). The fourth-order valence-electron chi connectivity index (χ4n) is 2.25. The number of morpholine rings is 1. The Balaban J connectivity index is 1.97. The Hall–Kier alpha value is -1.46. The summed E-state index contributed by atoms with van der Waals surface area (Å²) < 4.78 is 32.4. The Morgan fingerprint density at radius 3 is 2.52 bits per heavy atom. The van der Waals surface area contributed by atoms with Crippen molar-refractivity contribution in [1.82, 2.24) is 9.62 Å². The number of hydrogen-bond donors (Lipinski definition) is 1. The van der Waals surface area contributed by atoms with Gasteiger partial charge in [0.2, 0.25) is 10.0 Å². The summed E-state index contributed by atoms with van der Waals surface area (Å²) in [5.74, 6) is 0. The van der Waals surface area contributed by atoms with Crippen molar-refractivity contribution in [3.8, 4) is 6.07 Å². The molecule has 0 saturated carbocycles. The van der Waals surface area contributed by atoms with E-state index < -0.39 is 10.0 Å². The number of benzene rings is 1. The van der Waals surface area contributed by atoms with Gasteiger partial charge in [-0.3, -0.25) is 4.90 Å². The smallest absolute Gasteiger partial charge is 0.240 e. The van der Waals surface area contributed by atoms with Crippen molar-refractivity contribution in [2.75, 3.05) is 32.8 Å². The molecule has 1 aromatic carbocycles. The topological polar surface area (TPSA) is 82.4 Å². The summed E-state index contributed by atoms with van der Waals surface area (Å²) in [6, 6.07) is 7.67. The molecule has 0 aliphatic carbocycles. The van der Waals surface area contributed by atoms with E-state index in [0.29, 0.717) is 25.3 Å². The highest BCUT2D eigenvalue weighted by Crippen LogP contribution is 2.11. The van der Waals surface area contributed by atoms with Gasteiger partial charge in [-0.15, -0.1) is 0 Å². The average Bonchev–Trinajstić information content (AvgIpc) is 2.47. The van der Waals surface area contributed by atoms with Crippen LogP contribution in [-0.2, 0) is 14.8 Å². The van der Waals surface area contributed by atoms with Gasteiger partial charge < -0.3 is 4.74 Å². The first kappa shape index (κ1) is 15.9. The van der Waals surface area contributed by atoms with Gasteiger partial charge in [0.05, 0.1) is 29.7 Å². The molecule has 1 N–H and O–H groups in total. The molecule has 114 valence electrons. The van der Waals surface area contributed by atoms with Gasteiger partial charge in [0, 0.05) is 25.7 Å². The SMILES string of the molecule is CC(CN1CCOCC1)NS(=O)(=O)c1ccc(C#N)cc1. The summed E-state index contributed by atoms with van der Waals surface area (Å²) in [6.45, 7) is 5.52. The van der Waals surface area contributed by atoms with Crippen molar-refractivity contribution < 1.29 is 13.2 Å². The van der Waals surface area contributed by atoms with Crippen molar-refractivity contribution >= 4 is 10.0 Å². The Morgan fingerprint density at radius 2 is 1.95 bits per heavy atom. The van der Waals surface area contributed by atoms with E-state index in [0.717, 1.165) is 13.1 Å². The molecule has 1 aliphatic rings. The maximum absolute atomic E-state index is 12.2. The van der Waals surface area contributed by atoms with Crippen molar-refractivity contribution in [3.63, 3.8) is 0 Å². The second kappa shape index (κ2) is 7.00. The Kier molecular flexibility index (Phi) is 5.31. The van der Waals surface area contributed by atoms with Crippen LogP contribution in [0.1, 0.15) is 12.5 Å². The zero-order chi connectivity index (χ0) is 15.3. The van der Waals surface area contributed by atoms with Crippen molar-refractivity contribution in [2.45, 2.75) is 17.9 Å². The Labute approximate surface area is 125 Å². The zero-order valence-electron chi connectivity index (χ0n) is 11.9. The van der Waals surface area contributed by atoms with Crippen molar-refractivity contribution in [2.24, 2.45) is 0 Å². The molecular weight excluding hydrogens is 290 g/mol. The minimum absolute atomic E-state index is 0.176. The summed E-state index contributed by atoms with van der Waals surface area (Å²) in [7, 11) is -3.55. The maximum atomic E-state index is 12.2. The van der Waals surface area contributed by atoms with Crippen LogP contribution in [0.25, 0.3) is 0 Å². The number of rotatable bonds is 5. The van der Waals surface area contributed by atoms with E-state index in [1.807, 2.05) is 13.0 Å². The molecule has 7 heteroatoms. The number of nitrogens with one attached hydrogen (secondary N) is 1. The summed E-state index contributed by atoms with van der Waals surface area (Å²) in [4.78, 5) is 2.35. The molecule has 1 aromatic rings. The quantitative estimate of drug-likeness (QED) is 0.859. The first-order chi connectivity index (χ1) is 10.0. The van der Waals surface area contributed by atoms with Crippen LogP contribution in [0, 0.1) is 11.3 Å². The molecule has 21 heavy (non-hydrogen) atoms. The first-order valence-electron chi connectivity index (χ1n) is 6.84. The van der Waals surface area contributed by atoms with Crippen LogP contribution >= 0.6 is 0 Å². The molecule has 1 atom stereocenters. The third kappa shape index (κ3) is 4.51. The van der Waals surface area contributed by atoms with Gasteiger partial charge in [0.15, 0.2) is 0 Å². The molecule has 0 radical (unpaired) electrons. The van der Waals surface area contributed by atoms with E-state index in [2.05, 4.69) is 9.62 Å². The highest BCUT2D eigenvalue weighted by molar-refractivity contribution is 7.89. The third-order valence-electron chi connectivity index (χ3n) is 3.29. The van der Waals surface area contributed by atoms with Gasteiger partial charge in [-0.25, -0.2) is 13.1 Å². The molecule has 0 spiro atoms. The van der Waals surface area contributed by atoms with E-state index in [4.69, 9.17) is 10.00 Å². The van der Waals surface area contributed by atoms with Gasteiger partial charge >= 0.3 is 0 Å². The molecule has 1 fully saturated rings. The summed E-state index contributed by atoms with van der Waals surface area (Å²) >= 11 is 0. The molecular formula is C14H19N3O3S. The number of hydrogen-bond acceptors (Lipinski definition) is 5. The lowest BCUT2D eigenvalue weighted by Gasteiger charge is -2.29. The molecule has 0 bridgehead atoms. The minimum Gasteiger partial charge on any atom is -0.379 e. The number of nitrogens with zero attached hydrogens (tertiary/aromatic N) is 2. The van der Waals surface area contributed by atoms with Crippen molar-refractivity contribution in [3.05, 3.63) is 29.8 Å². The lowest BCUT2D eigenvalue weighted by atomic mass is 10.2. The molecule has 1 heterocycles. The molecule has 0 amide bonds. The van der Waals surface area contributed by atoms with Crippen LogP contribution in [0.5, 0.6) is 0 Å². The fourth-order valence-corrected chi connectivity index (χ4v) is 3.48. The number of sulfonamides is 1. The second-order valence-corrected chi connectivity index (χ2v) is 6.79. The van der Waals surface area contributed by atoms with Gasteiger partial charge in [0.25, 0.3) is 0 Å². The van der Waals surface area contributed by atoms with E-state index in [-0.39, 0.29) is 10.9 Å². The molecule has 1 unspecified atom stereocenters. The fraction of sp³-hybridized carbons (Fsp3) is 0.500. The molecule has 6 nitrogen and oxygen atoms in total. The van der Waals surface area contributed by atoms with Gasteiger partial charge in [-0.2, -0.15) is 5.26 Å². The lowest BCUT2D eigenvalue weighted by molar-refractivity contribution is 0.0354. The molecule has 1 saturated heterocycles. The second-order valence-electron chi connectivity index (χ2n) is 5.07. The third-order valence-corrected chi connectivity index (χ3v) is 4.89. The lowest BCUT2D eigenvalue weighted by Crippen LogP contribution is -2.45. The van der Waals surface area contributed by atoms with Gasteiger partial charge in [0.1, 0.15) is 0 Å². The summed E-state index contributed by atoms with van der Waals surface area (Å²) in [6.07, 6.45) is 0. The summed E-state index contributed by atoms with van der Waals surface area (Å²) in [5.41, 5.74) is 0.440. The van der Waals surface area contributed by atoms with E-state index in [9.17, 15) is 8.42 Å². The van der Waals surface area contributed by atoms with Crippen LogP contribution in [0.3, 0.4) is 0 Å². The first-order valence-corrected chi connectivity index (χ1v) is 8.32. The van der Waals surface area contributed by atoms with Crippen LogP contribution < -0.4 is 4.72 Å². The normalized spacial score (nSPS) is 18.1. The van der Waals surface area contributed by atoms with Crippen molar-refractivity contribution in [1.29, 1.82) is 5.26 Å². The number of nitriles is 1. The van der Waals surface area contributed by atoms with Crippen LogP contribution in [-0.4, -0.2) is 52.2 Å². The van der Waals surface area contributed by atoms with E-state index in [1.165, 1.54) is 24.3 Å². The maximum Gasteiger partial charge on any atom is 0.240 e. The summed E-state index contributed by atoms with van der Waals surface area (Å²) in [5, 5.41) is 8.73. The highest BCUT2D eigenvalue weighted by Gasteiger charge is 2.20. The largest absolute Gasteiger partial charge is 0.379 e. The van der Waals surface area contributed by atoms with Crippen LogP contribution in [0.4, 0.5) is 0 Å².